The van der Waals surface area contributed by atoms with E-state index in [1.165, 1.54) is 25.3 Å². The second-order valence-corrected chi connectivity index (χ2v) is 7.66. The molecular formula is C21H25N3O3. The smallest absolute Gasteiger partial charge is 0.245 e. The third-order valence-electron chi connectivity index (χ3n) is 5.92. The number of benzene rings is 1. The van der Waals surface area contributed by atoms with Gasteiger partial charge in [-0.2, -0.15) is 0 Å². The van der Waals surface area contributed by atoms with Crippen LogP contribution in [0.4, 0.5) is 0 Å². The van der Waals surface area contributed by atoms with Gasteiger partial charge < -0.3 is 20.7 Å². The number of carbonyl (C=O) groups is 2. The van der Waals surface area contributed by atoms with Gasteiger partial charge in [-0.1, -0.05) is 24.6 Å². The van der Waals surface area contributed by atoms with Crippen molar-refractivity contribution in [2.75, 3.05) is 6.61 Å². The van der Waals surface area contributed by atoms with Crippen LogP contribution in [0.5, 0.6) is 0 Å². The van der Waals surface area contributed by atoms with Crippen molar-refractivity contribution in [2.24, 2.45) is 11.8 Å². The summed E-state index contributed by atoms with van der Waals surface area (Å²) in [5, 5.41) is 16.2. The molecule has 0 saturated heterocycles. The zero-order valence-corrected chi connectivity index (χ0v) is 15.2. The average molecular weight is 367 g/mol. The largest absolute Gasteiger partial charge is 0.394 e. The first-order chi connectivity index (χ1) is 13.1. The van der Waals surface area contributed by atoms with Crippen LogP contribution in [0, 0.1) is 11.8 Å². The summed E-state index contributed by atoms with van der Waals surface area (Å²) in [4.78, 5) is 27.8. The summed E-state index contributed by atoms with van der Waals surface area (Å²) >= 11 is 0. The van der Waals surface area contributed by atoms with E-state index in [4.69, 9.17) is 0 Å². The summed E-state index contributed by atoms with van der Waals surface area (Å²) in [5.41, 5.74) is 1.89. The lowest BCUT2D eigenvalue weighted by Crippen LogP contribution is -2.52. The van der Waals surface area contributed by atoms with Crippen LogP contribution in [0.2, 0.25) is 0 Å². The monoisotopic (exact) mass is 367 g/mol. The van der Waals surface area contributed by atoms with E-state index < -0.39 is 18.6 Å². The highest BCUT2D eigenvalue weighted by Crippen LogP contribution is 2.44. The van der Waals surface area contributed by atoms with Crippen molar-refractivity contribution >= 4 is 28.8 Å². The van der Waals surface area contributed by atoms with Crippen LogP contribution in [0.1, 0.15) is 31.2 Å². The number of hydrogen-bond donors (Lipinski definition) is 4. The number of aliphatic hydroxyl groups is 1. The molecule has 4 rings (SSSR count). The molecule has 142 valence electrons. The number of para-hydroxylation sites is 1. The van der Waals surface area contributed by atoms with Gasteiger partial charge in [-0.05, 0) is 48.8 Å². The van der Waals surface area contributed by atoms with Gasteiger partial charge in [-0.25, -0.2) is 0 Å². The lowest BCUT2D eigenvalue weighted by atomic mass is 9.95. The van der Waals surface area contributed by atoms with Crippen LogP contribution in [-0.2, 0) is 9.59 Å². The molecule has 2 amide bonds. The van der Waals surface area contributed by atoms with Gasteiger partial charge in [0.25, 0.3) is 0 Å². The van der Waals surface area contributed by atoms with E-state index in [0.717, 1.165) is 28.8 Å². The van der Waals surface area contributed by atoms with Gasteiger partial charge in [0.05, 0.1) is 6.61 Å². The standard InChI is InChI=1S/C21H25N3O3/c25-12-19(21(27)24-18-10-13-5-6-14(18)9-13)23-20(26)8-7-15-11-22-17-4-2-1-3-16(15)17/h1-4,7-8,11,13-14,18-19,22,25H,5-6,9-10,12H2,(H,23,26)(H,24,27). The van der Waals surface area contributed by atoms with Crippen LogP contribution in [0.3, 0.4) is 0 Å². The zero-order valence-electron chi connectivity index (χ0n) is 15.2. The third kappa shape index (κ3) is 3.76. The summed E-state index contributed by atoms with van der Waals surface area (Å²) in [7, 11) is 0. The molecule has 2 aliphatic rings. The minimum atomic E-state index is -0.927. The Kier molecular flexibility index (Phi) is 4.99. The maximum atomic E-state index is 12.4. The Morgan fingerprint density at radius 2 is 2.11 bits per heavy atom. The highest BCUT2D eigenvalue weighted by molar-refractivity contribution is 5.98. The fourth-order valence-corrected chi connectivity index (χ4v) is 4.52. The number of aromatic nitrogens is 1. The topological polar surface area (TPSA) is 94.2 Å². The second-order valence-electron chi connectivity index (χ2n) is 7.66. The first-order valence-corrected chi connectivity index (χ1v) is 9.60. The van der Waals surface area contributed by atoms with Crippen LogP contribution in [0.25, 0.3) is 17.0 Å². The fraction of sp³-hybridized carbons (Fsp3) is 0.429. The molecule has 2 fully saturated rings. The maximum absolute atomic E-state index is 12.4. The Labute approximate surface area is 158 Å². The minimum absolute atomic E-state index is 0.184. The average Bonchev–Trinajstić information content (AvgIpc) is 3.39. The number of rotatable bonds is 6. The van der Waals surface area contributed by atoms with Crippen molar-refractivity contribution < 1.29 is 14.7 Å². The molecule has 1 heterocycles. The van der Waals surface area contributed by atoms with E-state index >= 15 is 0 Å². The van der Waals surface area contributed by atoms with Gasteiger partial charge in [0, 0.05) is 29.2 Å². The molecule has 2 bridgehead atoms. The molecule has 2 saturated carbocycles. The lowest BCUT2D eigenvalue weighted by molar-refractivity contribution is -0.128. The van der Waals surface area contributed by atoms with Crippen molar-refractivity contribution in [3.8, 4) is 0 Å². The van der Waals surface area contributed by atoms with E-state index in [9.17, 15) is 14.7 Å². The minimum Gasteiger partial charge on any atom is -0.394 e. The molecule has 6 heteroatoms. The molecular weight excluding hydrogens is 342 g/mol. The van der Waals surface area contributed by atoms with Gasteiger partial charge in [0.2, 0.25) is 11.8 Å². The summed E-state index contributed by atoms with van der Waals surface area (Å²) < 4.78 is 0. The van der Waals surface area contributed by atoms with Gasteiger partial charge in [-0.3, -0.25) is 9.59 Å². The normalized spacial score (nSPS) is 25.1. The van der Waals surface area contributed by atoms with E-state index in [0.29, 0.717) is 5.92 Å². The number of fused-ring (bicyclic) bond motifs is 3. The molecule has 4 atom stereocenters. The number of aliphatic hydroxyl groups excluding tert-OH is 1. The van der Waals surface area contributed by atoms with Gasteiger partial charge >= 0.3 is 0 Å². The number of H-pyrrole nitrogens is 1. The highest BCUT2D eigenvalue weighted by atomic mass is 16.3. The molecule has 6 nitrogen and oxygen atoms in total. The second kappa shape index (κ2) is 7.56. The first kappa shape index (κ1) is 17.8. The quantitative estimate of drug-likeness (QED) is 0.588. The Hall–Kier alpha value is -2.60. The van der Waals surface area contributed by atoms with Crippen molar-refractivity contribution in [3.63, 3.8) is 0 Å². The molecule has 27 heavy (non-hydrogen) atoms. The molecule has 0 aliphatic heterocycles. The summed E-state index contributed by atoms with van der Waals surface area (Å²) in [6.45, 7) is -0.417. The zero-order chi connectivity index (χ0) is 18.8. The van der Waals surface area contributed by atoms with E-state index in [1.807, 2.05) is 30.5 Å². The van der Waals surface area contributed by atoms with E-state index in [2.05, 4.69) is 15.6 Å². The van der Waals surface area contributed by atoms with Gasteiger partial charge in [0.15, 0.2) is 0 Å². The first-order valence-electron chi connectivity index (χ1n) is 9.60. The van der Waals surface area contributed by atoms with Gasteiger partial charge in [0.1, 0.15) is 6.04 Å². The summed E-state index contributed by atoms with van der Waals surface area (Å²) in [5.74, 6) is 0.573. The van der Waals surface area contributed by atoms with Crippen molar-refractivity contribution in [2.45, 2.75) is 37.8 Å². The highest BCUT2D eigenvalue weighted by Gasteiger charge is 2.40. The Morgan fingerprint density at radius 3 is 2.85 bits per heavy atom. The molecule has 4 N–H and O–H groups in total. The Morgan fingerprint density at radius 1 is 1.26 bits per heavy atom. The van der Waals surface area contributed by atoms with Crippen LogP contribution < -0.4 is 10.6 Å². The number of nitrogens with one attached hydrogen (secondary N) is 3. The SMILES string of the molecule is O=C(C=Cc1c[nH]c2ccccc12)NC(CO)C(=O)NC1CC2CCC1C2. The molecule has 0 radical (unpaired) electrons. The molecule has 2 aromatic rings. The lowest BCUT2D eigenvalue weighted by Gasteiger charge is -2.25. The molecule has 2 aliphatic carbocycles. The Bertz CT molecular complexity index is 872. The number of hydrogen-bond acceptors (Lipinski definition) is 3. The van der Waals surface area contributed by atoms with Crippen molar-refractivity contribution in [3.05, 3.63) is 42.1 Å². The third-order valence-corrected chi connectivity index (χ3v) is 5.92. The van der Waals surface area contributed by atoms with E-state index in [1.54, 1.807) is 6.08 Å². The number of carbonyl (C=O) groups excluding carboxylic acids is 2. The number of amides is 2. The predicted octanol–water partition coefficient (Wildman–Crippen LogP) is 1.96. The van der Waals surface area contributed by atoms with Crippen LogP contribution in [0.15, 0.2) is 36.5 Å². The molecule has 4 unspecified atom stereocenters. The summed E-state index contributed by atoms with van der Waals surface area (Å²) in [6.07, 6.45) is 9.56. The van der Waals surface area contributed by atoms with Crippen molar-refractivity contribution in [1.82, 2.24) is 15.6 Å². The Balaban J connectivity index is 1.35. The molecule has 1 aromatic heterocycles. The fourth-order valence-electron chi connectivity index (χ4n) is 4.52. The van der Waals surface area contributed by atoms with Crippen molar-refractivity contribution in [1.29, 1.82) is 0 Å². The van der Waals surface area contributed by atoms with E-state index in [-0.39, 0.29) is 11.9 Å². The predicted molar refractivity (Wildman–Crippen MR) is 104 cm³/mol. The summed E-state index contributed by atoms with van der Waals surface area (Å²) in [6, 6.07) is 7.08. The van der Waals surface area contributed by atoms with Crippen LogP contribution >= 0.6 is 0 Å². The van der Waals surface area contributed by atoms with Crippen LogP contribution in [-0.4, -0.2) is 40.6 Å². The van der Waals surface area contributed by atoms with Gasteiger partial charge in [-0.15, -0.1) is 0 Å². The maximum Gasteiger partial charge on any atom is 0.245 e. The number of aromatic amines is 1. The molecule has 1 aromatic carbocycles. The molecule has 0 spiro atoms.